The maximum atomic E-state index is 13.6. The number of hydrogen-bond donors (Lipinski definition) is 3. The average molecular weight is 316 g/mol. The normalized spacial score (nSPS) is 26.2. The first-order valence-electron chi connectivity index (χ1n) is 5.40. The van der Waals surface area contributed by atoms with Crippen LogP contribution >= 0.6 is 24.8 Å². The molecular formula is C11H17Cl2F2N3O. The van der Waals surface area contributed by atoms with Crippen LogP contribution in [-0.4, -0.2) is 18.7 Å². The molecule has 1 aromatic rings. The molecule has 1 heterocycles. The minimum absolute atomic E-state index is 0. The van der Waals surface area contributed by atoms with E-state index in [2.05, 4.69) is 5.43 Å². The van der Waals surface area contributed by atoms with Crippen LogP contribution in [0.25, 0.3) is 0 Å². The van der Waals surface area contributed by atoms with Gasteiger partial charge in [-0.2, -0.15) is 0 Å². The molecule has 0 unspecified atom stereocenters. The SMILES string of the molecule is Cl.Cl.NN[C@H]1CO[C@H](c2cc(F)ccc2F)[C@@H](N)C1. The maximum Gasteiger partial charge on any atom is 0.129 e. The second kappa shape index (κ2) is 7.94. The zero-order valence-electron chi connectivity index (χ0n) is 10.0. The van der Waals surface area contributed by atoms with E-state index in [9.17, 15) is 8.78 Å². The second-order valence-corrected chi connectivity index (χ2v) is 4.18. The molecule has 110 valence electrons. The summed E-state index contributed by atoms with van der Waals surface area (Å²) in [7, 11) is 0. The molecule has 0 amide bonds. The number of nitrogens with two attached hydrogens (primary N) is 2. The van der Waals surface area contributed by atoms with Gasteiger partial charge in [0, 0.05) is 17.6 Å². The Morgan fingerprint density at radius 2 is 1.95 bits per heavy atom. The Morgan fingerprint density at radius 1 is 1.26 bits per heavy atom. The van der Waals surface area contributed by atoms with Crippen molar-refractivity contribution >= 4 is 24.8 Å². The summed E-state index contributed by atoms with van der Waals surface area (Å²) >= 11 is 0. The highest BCUT2D eigenvalue weighted by molar-refractivity contribution is 5.85. The fraction of sp³-hybridized carbons (Fsp3) is 0.455. The van der Waals surface area contributed by atoms with Crippen molar-refractivity contribution in [2.45, 2.75) is 24.6 Å². The smallest absolute Gasteiger partial charge is 0.129 e. The van der Waals surface area contributed by atoms with E-state index in [0.29, 0.717) is 13.0 Å². The van der Waals surface area contributed by atoms with Gasteiger partial charge in [0.05, 0.1) is 6.61 Å². The van der Waals surface area contributed by atoms with Gasteiger partial charge < -0.3 is 10.5 Å². The highest BCUT2D eigenvalue weighted by Gasteiger charge is 2.31. The first kappa shape index (κ1) is 18.5. The van der Waals surface area contributed by atoms with Crippen LogP contribution in [0.2, 0.25) is 0 Å². The average Bonchev–Trinajstić information content (AvgIpc) is 2.32. The number of nitrogens with one attached hydrogen (secondary N) is 1. The molecule has 1 fully saturated rings. The lowest BCUT2D eigenvalue weighted by molar-refractivity contribution is -0.0200. The van der Waals surface area contributed by atoms with Crippen molar-refractivity contribution in [2.24, 2.45) is 11.6 Å². The Labute approximate surface area is 122 Å². The molecule has 1 saturated heterocycles. The minimum Gasteiger partial charge on any atom is -0.370 e. The Balaban J connectivity index is 0.00000162. The lowest BCUT2D eigenvalue weighted by atomic mass is 9.94. The monoisotopic (exact) mass is 315 g/mol. The van der Waals surface area contributed by atoms with E-state index in [1.54, 1.807) is 0 Å². The van der Waals surface area contributed by atoms with Crippen LogP contribution in [0.4, 0.5) is 8.78 Å². The summed E-state index contributed by atoms with van der Waals surface area (Å²) in [6, 6.07) is 2.79. The van der Waals surface area contributed by atoms with Gasteiger partial charge in [-0.25, -0.2) is 8.78 Å². The van der Waals surface area contributed by atoms with Crippen molar-refractivity contribution in [1.82, 2.24) is 5.43 Å². The van der Waals surface area contributed by atoms with Gasteiger partial charge in [-0.15, -0.1) is 24.8 Å². The van der Waals surface area contributed by atoms with Gasteiger partial charge >= 0.3 is 0 Å². The van der Waals surface area contributed by atoms with E-state index in [0.717, 1.165) is 18.2 Å². The molecule has 5 N–H and O–H groups in total. The Morgan fingerprint density at radius 3 is 2.53 bits per heavy atom. The number of ether oxygens (including phenoxy) is 1. The molecule has 8 heteroatoms. The van der Waals surface area contributed by atoms with Crippen molar-refractivity contribution in [3.63, 3.8) is 0 Å². The molecule has 0 saturated carbocycles. The largest absolute Gasteiger partial charge is 0.370 e. The Hall–Kier alpha value is -0.500. The first-order valence-corrected chi connectivity index (χ1v) is 5.40. The molecule has 0 spiro atoms. The zero-order valence-corrected chi connectivity index (χ0v) is 11.6. The van der Waals surface area contributed by atoms with Crippen LogP contribution in [0.1, 0.15) is 18.1 Å². The molecule has 1 aliphatic heterocycles. The van der Waals surface area contributed by atoms with Gasteiger partial charge in [0.1, 0.15) is 17.7 Å². The van der Waals surface area contributed by atoms with E-state index in [1.807, 2.05) is 0 Å². The summed E-state index contributed by atoms with van der Waals surface area (Å²) in [5, 5.41) is 0. The molecule has 1 aliphatic rings. The third-order valence-electron chi connectivity index (χ3n) is 2.92. The number of hydrogen-bond acceptors (Lipinski definition) is 4. The van der Waals surface area contributed by atoms with Crippen LogP contribution in [0.3, 0.4) is 0 Å². The second-order valence-electron chi connectivity index (χ2n) is 4.18. The van der Waals surface area contributed by atoms with E-state index >= 15 is 0 Å². The number of rotatable bonds is 2. The van der Waals surface area contributed by atoms with Crippen molar-refractivity contribution in [2.75, 3.05) is 6.61 Å². The molecule has 2 rings (SSSR count). The lowest BCUT2D eigenvalue weighted by Gasteiger charge is -2.34. The minimum atomic E-state index is -0.629. The van der Waals surface area contributed by atoms with E-state index in [-0.39, 0.29) is 36.4 Å². The fourth-order valence-electron chi connectivity index (χ4n) is 2.03. The van der Waals surface area contributed by atoms with E-state index in [4.69, 9.17) is 16.3 Å². The highest BCUT2D eigenvalue weighted by Crippen LogP contribution is 2.29. The molecule has 4 nitrogen and oxygen atoms in total. The van der Waals surface area contributed by atoms with Crippen molar-refractivity contribution in [1.29, 1.82) is 0 Å². The van der Waals surface area contributed by atoms with E-state index < -0.39 is 23.8 Å². The third-order valence-corrected chi connectivity index (χ3v) is 2.92. The van der Waals surface area contributed by atoms with Crippen LogP contribution in [0.5, 0.6) is 0 Å². The summed E-state index contributed by atoms with van der Waals surface area (Å²) in [6.45, 7) is 0.324. The third kappa shape index (κ3) is 4.24. The highest BCUT2D eigenvalue weighted by atomic mass is 35.5. The molecule has 0 bridgehead atoms. The van der Waals surface area contributed by atoms with Crippen LogP contribution in [0.15, 0.2) is 18.2 Å². The fourth-order valence-corrected chi connectivity index (χ4v) is 2.03. The first-order chi connectivity index (χ1) is 8.11. The predicted molar refractivity (Wildman–Crippen MR) is 73.3 cm³/mol. The predicted octanol–water partition coefficient (Wildman–Crippen LogP) is 1.43. The lowest BCUT2D eigenvalue weighted by Crippen LogP contribution is -2.49. The maximum absolute atomic E-state index is 13.6. The summed E-state index contributed by atoms with van der Waals surface area (Å²) in [4.78, 5) is 0. The molecule has 3 atom stereocenters. The van der Waals surface area contributed by atoms with Gasteiger partial charge in [0.25, 0.3) is 0 Å². The molecular weight excluding hydrogens is 299 g/mol. The van der Waals surface area contributed by atoms with Crippen molar-refractivity contribution < 1.29 is 13.5 Å². The van der Waals surface area contributed by atoms with Crippen LogP contribution < -0.4 is 17.0 Å². The van der Waals surface area contributed by atoms with Gasteiger partial charge in [0.15, 0.2) is 0 Å². The number of benzene rings is 1. The summed E-state index contributed by atoms with van der Waals surface area (Å²) in [6.07, 6.45) is -0.0767. The molecule has 0 aliphatic carbocycles. The van der Waals surface area contributed by atoms with E-state index in [1.165, 1.54) is 0 Å². The topological polar surface area (TPSA) is 73.3 Å². The summed E-state index contributed by atoms with van der Waals surface area (Å²) in [5.41, 5.74) is 8.61. The molecule has 1 aromatic carbocycles. The van der Waals surface area contributed by atoms with Gasteiger partial charge in [0.2, 0.25) is 0 Å². The quantitative estimate of drug-likeness (QED) is 0.570. The Kier molecular flexibility index (Phi) is 7.73. The zero-order chi connectivity index (χ0) is 12.4. The molecule has 0 radical (unpaired) electrons. The molecule has 19 heavy (non-hydrogen) atoms. The summed E-state index contributed by atoms with van der Waals surface area (Å²) in [5.74, 6) is 4.27. The van der Waals surface area contributed by atoms with Crippen LogP contribution in [0, 0.1) is 11.6 Å². The summed E-state index contributed by atoms with van der Waals surface area (Å²) < 4.78 is 32.1. The molecule has 0 aromatic heterocycles. The van der Waals surface area contributed by atoms with Gasteiger partial charge in [-0.05, 0) is 24.6 Å². The number of halogens is 4. The van der Waals surface area contributed by atoms with Gasteiger partial charge in [-0.3, -0.25) is 11.3 Å². The van der Waals surface area contributed by atoms with Crippen molar-refractivity contribution in [3.8, 4) is 0 Å². The van der Waals surface area contributed by atoms with Crippen molar-refractivity contribution in [3.05, 3.63) is 35.4 Å². The van der Waals surface area contributed by atoms with Gasteiger partial charge in [-0.1, -0.05) is 0 Å². The van der Waals surface area contributed by atoms with Crippen LogP contribution in [-0.2, 0) is 4.74 Å². The Bertz CT molecular complexity index is 412. The number of hydrazine groups is 1. The standard InChI is InChI=1S/C11H15F2N3O.2ClH/c12-6-1-2-9(13)8(3-6)11-10(14)4-7(16-15)5-17-11;;/h1-3,7,10-11,16H,4-5,14-15H2;2*1H/t7-,10+,11-;;/m1../s1.